The van der Waals surface area contributed by atoms with E-state index in [4.69, 9.17) is 11.6 Å². The summed E-state index contributed by atoms with van der Waals surface area (Å²) in [5, 5.41) is 1.16. The van der Waals surface area contributed by atoms with Gasteiger partial charge in [-0.3, -0.25) is 9.59 Å². The van der Waals surface area contributed by atoms with Crippen molar-refractivity contribution in [2.75, 3.05) is 11.9 Å². The van der Waals surface area contributed by atoms with E-state index in [0.717, 1.165) is 5.52 Å². The summed E-state index contributed by atoms with van der Waals surface area (Å²) in [5.41, 5.74) is 1.76. The average molecular weight is 313 g/mol. The standard InChI is InChI=1S/C17H13ClN2O2/c1-20(12-5-3-2-4-6-12)17(22)16(21)14-10-19-15-8-7-11(18)9-13(14)15/h2-10,19H,1H3. The Morgan fingerprint density at radius 2 is 1.82 bits per heavy atom. The van der Waals surface area contributed by atoms with Crippen LogP contribution >= 0.6 is 11.6 Å². The van der Waals surface area contributed by atoms with Crippen LogP contribution in [0.2, 0.25) is 5.02 Å². The van der Waals surface area contributed by atoms with Crippen LogP contribution in [0, 0.1) is 0 Å². The number of hydrogen-bond donors (Lipinski definition) is 1. The minimum absolute atomic E-state index is 0.324. The van der Waals surface area contributed by atoms with Crippen LogP contribution in [-0.4, -0.2) is 23.7 Å². The van der Waals surface area contributed by atoms with Gasteiger partial charge in [-0.1, -0.05) is 29.8 Å². The molecule has 22 heavy (non-hydrogen) atoms. The Morgan fingerprint density at radius 3 is 2.55 bits per heavy atom. The van der Waals surface area contributed by atoms with Crippen molar-refractivity contribution in [2.45, 2.75) is 0 Å². The lowest BCUT2D eigenvalue weighted by atomic mass is 10.1. The fraction of sp³-hybridized carbons (Fsp3) is 0.0588. The number of carbonyl (C=O) groups is 2. The fourth-order valence-electron chi connectivity index (χ4n) is 2.32. The molecule has 0 bridgehead atoms. The number of nitrogens with zero attached hydrogens (tertiary/aromatic N) is 1. The van der Waals surface area contributed by atoms with Crippen LogP contribution in [0.25, 0.3) is 10.9 Å². The van der Waals surface area contributed by atoms with Gasteiger partial charge < -0.3 is 9.88 Å². The highest BCUT2D eigenvalue weighted by Gasteiger charge is 2.24. The summed E-state index contributed by atoms with van der Waals surface area (Å²) in [4.78, 5) is 29.2. The van der Waals surface area contributed by atoms with Crippen LogP contribution < -0.4 is 4.90 Å². The highest BCUT2D eigenvalue weighted by Crippen LogP contribution is 2.23. The van der Waals surface area contributed by atoms with Gasteiger partial charge in [0, 0.05) is 34.9 Å². The Balaban J connectivity index is 1.95. The van der Waals surface area contributed by atoms with E-state index in [2.05, 4.69) is 4.98 Å². The van der Waals surface area contributed by atoms with Crippen molar-refractivity contribution in [1.82, 2.24) is 4.98 Å². The summed E-state index contributed by atoms with van der Waals surface area (Å²) < 4.78 is 0. The number of fused-ring (bicyclic) bond motifs is 1. The van der Waals surface area contributed by atoms with Gasteiger partial charge in [0.2, 0.25) is 0 Å². The van der Waals surface area contributed by atoms with E-state index in [0.29, 0.717) is 21.7 Å². The van der Waals surface area contributed by atoms with Crippen molar-refractivity contribution in [3.8, 4) is 0 Å². The molecule has 1 heterocycles. The highest BCUT2D eigenvalue weighted by molar-refractivity contribution is 6.49. The zero-order valence-corrected chi connectivity index (χ0v) is 12.6. The number of aromatic nitrogens is 1. The van der Waals surface area contributed by atoms with Gasteiger partial charge in [0.1, 0.15) is 0 Å². The van der Waals surface area contributed by atoms with Gasteiger partial charge in [-0.15, -0.1) is 0 Å². The van der Waals surface area contributed by atoms with E-state index in [1.807, 2.05) is 18.2 Å². The minimum Gasteiger partial charge on any atom is -0.360 e. The number of rotatable bonds is 3. The topological polar surface area (TPSA) is 53.2 Å². The van der Waals surface area contributed by atoms with Crippen molar-refractivity contribution >= 4 is 39.9 Å². The molecule has 2 aromatic carbocycles. The molecule has 0 fully saturated rings. The molecule has 1 amide bonds. The van der Waals surface area contributed by atoms with Crippen molar-refractivity contribution in [2.24, 2.45) is 0 Å². The molecule has 0 aliphatic rings. The Morgan fingerprint density at radius 1 is 1.09 bits per heavy atom. The molecule has 0 aliphatic carbocycles. The van der Waals surface area contributed by atoms with Gasteiger partial charge in [0.15, 0.2) is 0 Å². The Labute approximate surface area is 132 Å². The number of anilines is 1. The number of halogens is 1. The lowest BCUT2D eigenvalue weighted by Crippen LogP contribution is -2.33. The van der Waals surface area contributed by atoms with E-state index < -0.39 is 11.7 Å². The van der Waals surface area contributed by atoms with E-state index in [1.54, 1.807) is 43.6 Å². The van der Waals surface area contributed by atoms with Gasteiger partial charge in [0.25, 0.3) is 11.7 Å². The van der Waals surface area contributed by atoms with Crippen molar-refractivity contribution < 1.29 is 9.59 Å². The van der Waals surface area contributed by atoms with Gasteiger partial charge >= 0.3 is 0 Å². The zero-order valence-electron chi connectivity index (χ0n) is 11.8. The first-order valence-electron chi connectivity index (χ1n) is 6.72. The summed E-state index contributed by atoms with van der Waals surface area (Å²) in [5.74, 6) is -1.16. The zero-order chi connectivity index (χ0) is 15.7. The maximum Gasteiger partial charge on any atom is 0.299 e. The minimum atomic E-state index is -0.591. The number of para-hydroxylation sites is 1. The molecular weight excluding hydrogens is 300 g/mol. The second-order valence-electron chi connectivity index (χ2n) is 4.92. The van der Waals surface area contributed by atoms with Crippen LogP contribution in [0.3, 0.4) is 0 Å². The normalized spacial score (nSPS) is 10.6. The lowest BCUT2D eigenvalue weighted by molar-refractivity contribution is -0.114. The number of H-pyrrole nitrogens is 1. The summed E-state index contributed by atoms with van der Waals surface area (Å²) in [6.45, 7) is 0. The van der Waals surface area contributed by atoms with Crippen LogP contribution in [0.1, 0.15) is 10.4 Å². The molecule has 0 radical (unpaired) electrons. The number of nitrogens with one attached hydrogen (secondary N) is 1. The summed E-state index contributed by atoms with van der Waals surface area (Å²) in [6.07, 6.45) is 1.54. The molecule has 3 rings (SSSR count). The maximum absolute atomic E-state index is 12.5. The average Bonchev–Trinajstić information content (AvgIpc) is 2.96. The number of hydrogen-bond acceptors (Lipinski definition) is 2. The molecule has 110 valence electrons. The molecule has 0 aliphatic heterocycles. The molecule has 0 saturated carbocycles. The first-order valence-corrected chi connectivity index (χ1v) is 7.10. The van der Waals surface area contributed by atoms with Crippen LogP contribution in [0.4, 0.5) is 5.69 Å². The molecule has 0 saturated heterocycles. The molecule has 4 nitrogen and oxygen atoms in total. The summed E-state index contributed by atoms with van der Waals surface area (Å²) in [7, 11) is 1.58. The first kappa shape index (κ1) is 14.4. The van der Waals surface area contributed by atoms with Gasteiger partial charge in [0.05, 0.1) is 5.56 Å². The smallest absolute Gasteiger partial charge is 0.299 e. The van der Waals surface area contributed by atoms with E-state index in [-0.39, 0.29) is 0 Å². The van der Waals surface area contributed by atoms with Gasteiger partial charge in [-0.05, 0) is 30.3 Å². The number of likely N-dealkylation sites (N-methyl/N-ethyl adjacent to an activating group) is 1. The summed E-state index contributed by atoms with van der Waals surface area (Å²) in [6, 6.07) is 14.2. The fourth-order valence-corrected chi connectivity index (χ4v) is 2.49. The maximum atomic E-state index is 12.5. The van der Waals surface area contributed by atoms with Crippen molar-refractivity contribution in [3.63, 3.8) is 0 Å². The third-order valence-corrected chi connectivity index (χ3v) is 3.77. The lowest BCUT2D eigenvalue weighted by Gasteiger charge is -2.15. The molecule has 0 spiro atoms. The van der Waals surface area contributed by atoms with Crippen LogP contribution in [0.5, 0.6) is 0 Å². The molecule has 3 aromatic rings. The number of Topliss-reactive ketones (excluding diaryl/α,β-unsaturated/α-hetero) is 1. The SMILES string of the molecule is CN(C(=O)C(=O)c1c[nH]c2ccc(Cl)cc12)c1ccccc1. The monoisotopic (exact) mass is 312 g/mol. The number of amides is 1. The van der Waals surface area contributed by atoms with Crippen molar-refractivity contribution in [3.05, 3.63) is 65.3 Å². The quantitative estimate of drug-likeness (QED) is 0.592. The Kier molecular flexibility index (Phi) is 3.69. The first-order chi connectivity index (χ1) is 10.6. The molecular formula is C17H13ClN2O2. The molecule has 0 unspecified atom stereocenters. The van der Waals surface area contributed by atoms with E-state index >= 15 is 0 Å². The van der Waals surface area contributed by atoms with Crippen LogP contribution in [-0.2, 0) is 4.79 Å². The highest BCUT2D eigenvalue weighted by atomic mass is 35.5. The number of carbonyl (C=O) groups excluding carboxylic acids is 2. The van der Waals surface area contributed by atoms with Crippen molar-refractivity contribution in [1.29, 1.82) is 0 Å². The Bertz CT molecular complexity index is 855. The van der Waals surface area contributed by atoms with Crippen LogP contribution in [0.15, 0.2) is 54.7 Å². The molecule has 0 atom stereocenters. The number of ketones is 1. The third-order valence-electron chi connectivity index (χ3n) is 3.53. The predicted molar refractivity (Wildman–Crippen MR) is 87.5 cm³/mol. The van der Waals surface area contributed by atoms with Gasteiger partial charge in [-0.2, -0.15) is 0 Å². The second-order valence-corrected chi connectivity index (χ2v) is 5.36. The predicted octanol–water partition coefficient (Wildman–Crippen LogP) is 3.67. The molecule has 1 N–H and O–H groups in total. The Hall–Kier alpha value is -2.59. The second kappa shape index (κ2) is 5.66. The molecule has 5 heteroatoms. The van der Waals surface area contributed by atoms with Gasteiger partial charge in [-0.25, -0.2) is 0 Å². The number of benzene rings is 2. The van der Waals surface area contributed by atoms with E-state index in [9.17, 15) is 9.59 Å². The largest absolute Gasteiger partial charge is 0.360 e. The summed E-state index contributed by atoms with van der Waals surface area (Å²) >= 11 is 5.97. The van der Waals surface area contributed by atoms with E-state index in [1.165, 1.54) is 4.90 Å². The number of aromatic amines is 1. The molecule has 1 aromatic heterocycles. The third kappa shape index (κ3) is 2.49.